The van der Waals surface area contributed by atoms with Crippen molar-refractivity contribution < 1.29 is 0 Å². The lowest BCUT2D eigenvalue weighted by Crippen LogP contribution is -1.88. The Morgan fingerprint density at radius 3 is 2.15 bits per heavy atom. The standard InChI is InChI=1S/C13H26/c1-11(2)8-6-7-9-13(5)10-12(3)4/h10-12H,6-9H2,1-5H3/b13-10-. The van der Waals surface area contributed by atoms with Crippen molar-refractivity contribution in [2.24, 2.45) is 11.8 Å². The summed E-state index contributed by atoms with van der Waals surface area (Å²) in [5.74, 6) is 1.58. The summed E-state index contributed by atoms with van der Waals surface area (Å²) < 4.78 is 0. The van der Waals surface area contributed by atoms with Crippen LogP contribution in [0.5, 0.6) is 0 Å². The maximum Gasteiger partial charge on any atom is -0.0288 e. The third-order valence-electron chi connectivity index (χ3n) is 2.22. The second kappa shape index (κ2) is 7.17. The van der Waals surface area contributed by atoms with Gasteiger partial charge in [0.2, 0.25) is 0 Å². The molecule has 0 aromatic heterocycles. The Morgan fingerprint density at radius 2 is 1.69 bits per heavy atom. The lowest BCUT2D eigenvalue weighted by atomic mass is 10.0. The van der Waals surface area contributed by atoms with Gasteiger partial charge in [-0.3, -0.25) is 0 Å². The number of hydrogen-bond acceptors (Lipinski definition) is 0. The van der Waals surface area contributed by atoms with E-state index in [0.717, 1.165) is 5.92 Å². The van der Waals surface area contributed by atoms with E-state index in [1.54, 1.807) is 5.57 Å². The normalized spacial score (nSPS) is 13.0. The Balaban J connectivity index is 3.42. The van der Waals surface area contributed by atoms with Crippen LogP contribution in [0.25, 0.3) is 0 Å². The van der Waals surface area contributed by atoms with Crippen LogP contribution in [-0.2, 0) is 0 Å². The Bertz CT molecular complexity index is 140. The van der Waals surface area contributed by atoms with Crippen molar-refractivity contribution >= 4 is 0 Å². The molecule has 0 nitrogen and oxygen atoms in total. The monoisotopic (exact) mass is 182 g/mol. The Hall–Kier alpha value is -0.260. The topological polar surface area (TPSA) is 0 Å². The molecule has 0 saturated heterocycles. The summed E-state index contributed by atoms with van der Waals surface area (Å²) in [7, 11) is 0. The lowest BCUT2D eigenvalue weighted by Gasteiger charge is -2.05. The Morgan fingerprint density at radius 1 is 1.08 bits per heavy atom. The van der Waals surface area contributed by atoms with E-state index in [-0.39, 0.29) is 0 Å². The zero-order valence-corrected chi connectivity index (χ0v) is 10.1. The summed E-state index contributed by atoms with van der Waals surface area (Å²) in [5, 5.41) is 0. The zero-order valence-electron chi connectivity index (χ0n) is 10.1. The predicted molar refractivity (Wildman–Crippen MR) is 61.9 cm³/mol. The minimum absolute atomic E-state index is 0.713. The van der Waals surface area contributed by atoms with Gasteiger partial charge in [-0.25, -0.2) is 0 Å². The van der Waals surface area contributed by atoms with Crippen molar-refractivity contribution in [3.8, 4) is 0 Å². The largest absolute Gasteiger partial charge is 0.0830 e. The molecule has 0 aliphatic heterocycles. The van der Waals surface area contributed by atoms with Gasteiger partial charge in [-0.15, -0.1) is 0 Å². The summed E-state index contributed by atoms with van der Waals surface area (Å²) >= 11 is 0. The molecule has 0 aliphatic carbocycles. The molecule has 0 amide bonds. The van der Waals surface area contributed by atoms with Crippen molar-refractivity contribution in [3.05, 3.63) is 11.6 Å². The maximum absolute atomic E-state index is 2.38. The molecule has 0 spiro atoms. The van der Waals surface area contributed by atoms with Crippen LogP contribution in [0.2, 0.25) is 0 Å². The highest BCUT2D eigenvalue weighted by Gasteiger charge is 1.96. The average molecular weight is 182 g/mol. The van der Waals surface area contributed by atoms with Gasteiger partial charge in [-0.2, -0.15) is 0 Å². The first-order valence-corrected chi connectivity index (χ1v) is 5.69. The molecule has 0 bridgehead atoms. The van der Waals surface area contributed by atoms with E-state index in [1.165, 1.54) is 25.7 Å². The molecule has 0 heterocycles. The summed E-state index contributed by atoms with van der Waals surface area (Å²) in [5.41, 5.74) is 1.57. The van der Waals surface area contributed by atoms with Gasteiger partial charge in [0.25, 0.3) is 0 Å². The van der Waals surface area contributed by atoms with Crippen molar-refractivity contribution in [1.29, 1.82) is 0 Å². The van der Waals surface area contributed by atoms with Crippen LogP contribution in [0.3, 0.4) is 0 Å². The average Bonchev–Trinajstić information content (AvgIpc) is 1.96. The van der Waals surface area contributed by atoms with Gasteiger partial charge in [0, 0.05) is 0 Å². The van der Waals surface area contributed by atoms with Gasteiger partial charge in [-0.1, -0.05) is 52.2 Å². The summed E-state index contributed by atoms with van der Waals surface area (Å²) in [6.45, 7) is 11.4. The van der Waals surface area contributed by atoms with Crippen molar-refractivity contribution in [1.82, 2.24) is 0 Å². The van der Waals surface area contributed by atoms with Crippen LogP contribution in [0, 0.1) is 11.8 Å². The van der Waals surface area contributed by atoms with Gasteiger partial charge in [0.05, 0.1) is 0 Å². The first kappa shape index (κ1) is 12.7. The fourth-order valence-corrected chi connectivity index (χ4v) is 1.61. The molecular formula is C13H26. The summed E-state index contributed by atoms with van der Waals surface area (Å²) in [4.78, 5) is 0. The minimum Gasteiger partial charge on any atom is -0.0830 e. The third-order valence-corrected chi connectivity index (χ3v) is 2.22. The van der Waals surface area contributed by atoms with Crippen LogP contribution < -0.4 is 0 Å². The van der Waals surface area contributed by atoms with Crippen molar-refractivity contribution in [2.75, 3.05) is 0 Å². The fraction of sp³-hybridized carbons (Fsp3) is 0.846. The van der Waals surface area contributed by atoms with E-state index < -0.39 is 0 Å². The smallest absolute Gasteiger partial charge is 0.0288 e. The molecule has 0 atom stereocenters. The number of unbranched alkanes of at least 4 members (excludes halogenated alkanes) is 1. The van der Waals surface area contributed by atoms with Gasteiger partial charge < -0.3 is 0 Å². The second-order valence-corrected chi connectivity index (χ2v) is 4.90. The number of hydrogen-bond donors (Lipinski definition) is 0. The van der Waals surface area contributed by atoms with Gasteiger partial charge in [0.1, 0.15) is 0 Å². The molecule has 0 aromatic rings. The molecule has 0 rings (SSSR count). The number of allylic oxidation sites excluding steroid dienone is 2. The quantitative estimate of drug-likeness (QED) is 0.408. The highest BCUT2D eigenvalue weighted by Crippen LogP contribution is 2.13. The fourth-order valence-electron chi connectivity index (χ4n) is 1.61. The number of rotatable bonds is 6. The second-order valence-electron chi connectivity index (χ2n) is 4.90. The first-order valence-electron chi connectivity index (χ1n) is 5.69. The minimum atomic E-state index is 0.713. The molecule has 0 saturated carbocycles. The van der Waals surface area contributed by atoms with E-state index in [2.05, 4.69) is 40.7 Å². The van der Waals surface area contributed by atoms with E-state index >= 15 is 0 Å². The van der Waals surface area contributed by atoms with E-state index in [1.807, 2.05) is 0 Å². The SMILES string of the molecule is C/C(=C/C(C)C)CCCCC(C)C. The predicted octanol–water partition coefficient (Wildman–Crippen LogP) is 4.81. The van der Waals surface area contributed by atoms with Gasteiger partial charge in [-0.05, 0) is 31.6 Å². The maximum atomic E-state index is 2.38. The van der Waals surface area contributed by atoms with Gasteiger partial charge >= 0.3 is 0 Å². The molecule has 0 heteroatoms. The van der Waals surface area contributed by atoms with E-state index in [9.17, 15) is 0 Å². The molecule has 78 valence electrons. The molecule has 13 heavy (non-hydrogen) atoms. The van der Waals surface area contributed by atoms with E-state index in [0.29, 0.717) is 5.92 Å². The van der Waals surface area contributed by atoms with Gasteiger partial charge in [0.15, 0.2) is 0 Å². The molecular weight excluding hydrogens is 156 g/mol. The van der Waals surface area contributed by atoms with Crippen LogP contribution >= 0.6 is 0 Å². The van der Waals surface area contributed by atoms with Crippen molar-refractivity contribution in [3.63, 3.8) is 0 Å². The van der Waals surface area contributed by atoms with Crippen molar-refractivity contribution in [2.45, 2.75) is 60.3 Å². The molecule has 0 aliphatic rings. The van der Waals surface area contributed by atoms with Crippen LogP contribution in [0.4, 0.5) is 0 Å². The Labute approximate surface area is 84.4 Å². The molecule has 0 N–H and O–H groups in total. The molecule has 0 unspecified atom stereocenters. The highest BCUT2D eigenvalue weighted by atomic mass is 14.0. The Kier molecular flexibility index (Phi) is 7.03. The molecule has 0 fully saturated rings. The molecule has 0 radical (unpaired) electrons. The lowest BCUT2D eigenvalue weighted by molar-refractivity contribution is 0.537. The zero-order chi connectivity index (χ0) is 10.3. The highest BCUT2D eigenvalue weighted by molar-refractivity contribution is 4.99. The molecule has 0 aromatic carbocycles. The summed E-state index contributed by atoms with van der Waals surface area (Å²) in [6.07, 6.45) is 7.82. The third kappa shape index (κ3) is 9.66. The van der Waals surface area contributed by atoms with Crippen LogP contribution in [-0.4, -0.2) is 0 Å². The van der Waals surface area contributed by atoms with E-state index in [4.69, 9.17) is 0 Å². The first-order chi connectivity index (χ1) is 6.02. The summed E-state index contributed by atoms with van der Waals surface area (Å²) in [6, 6.07) is 0. The van der Waals surface area contributed by atoms with Crippen LogP contribution in [0.1, 0.15) is 60.3 Å². The van der Waals surface area contributed by atoms with Crippen LogP contribution in [0.15, 0.2) is 11.6 Å².